The Balaban J connectivity index is 3.50. The largest absolute Gasteiger partial charge is 0.396 e. The van der Waals surface area contributed by atoms with Gasteiger partial charge in [0.05, 0.1) is 0 Å². The molecule has 0 spiro atoms. The van der Waals surface area contributed by atoms with Gasteiger partial charge in [0.1, 0.15) is 0 Å². The normalized spacial score (nSPS) is 13.9. The van der Waals surface area contributed by atoms with Gasteiger partial charge in [-0.3, -0.25) is 0 Å². The van der Waals surface area contributed by atoms with Crippen LogP contribution in [0.4, 0.5) is 0 Å². The lowest BCUT2D eigenvalue weighted by atomic mass is 10.0. The number of aliphatic hydroxyl groups is 1. The fourth-order valence-electron chi connectivity index (χ4n) is 1.61. The molecule has 86 valence electrons. The number of aliphatic hydroxyl groups excluding tert-OH is 1. The first-order valence-electron chi connectivity index (χ1n) is 5.92. The van der Waals surface area contributed by atoms with Crippen molar-refractivity contribution in [3.8, 4) is 0 Å². The van der Waals surface area contributed by atoms with Crippen LogP contribution in [0.3, 0.4) is 0 Å². The fourth-order valence-corrected chi connectivity index (χ4v) is 1.61. The van der Waals surface area contributed by atoms with Gasteiger partial charge in [-0.15, -0.1) is 0 Å². The van der Waals surface area contributed by atoms with E-state index in [1.807, 2.05) is 0 Å². The molecule has 0 aliphatic rings. The standard InChI is InChI=1S/C12H27NO/c1-10(2)6-5-8-13-12(7-9-14)11(3)4/h10-14H,5-9H2,1-4H3. The second-order valence-corrected chi connectivity index (χ2v) is 4.85. The van der Waals surface area contributed by atoms with Crippen molar-refractivity contribution in [2.75, 3.05) is 13.2 Å². The third-order valence-corrected chi connectivity index (χ3v) is 2.61. The molecule has 2 nitrogen and oxygen atoms in total. The summed E-state index contributed by atoms with van der Waals surface area (Å²) in [5.74, 6) is 1.41. The highest BCUT2D eigenvalue weighted by atomic mass is 16.3. The third kappa shape index (κ3) is 7.34. The van der Waals surface area contributed by atoms with E-state index in [0.29, 0.717) is 18.6 Å². The number of nitrogens with one attached hydrogen (secondary N) is 1. The minimum atomic E-state index is 0.292. The summed E-state index contributed by atoms with van der Waals surface area (Å²) in [5, 5.41) is 12.4. The molecule has 0 aliphatic heterocycles. The lowest BCUT2D eigenvalue weighted by Crippen LogP contribution is -2.35. The molecule has 0 rings (SSSR count). The van der Waals surface area contributed by atoms with Gasteiger partial charge in [-0.1, -0.05) is 27.7 Å². The fraction of sp³-hybridized carbons (Fsp3) is 1.00. The van der Waals surface area contributed by atoms with E-state index in [1.165, 1.54) is 12.8 Å². The number of rotatable bonds is 8. The van der Waals surface area contributed by atoms with Crippen LogP contribution in [-0.2, 0) is 0 Å². The van der Waals surface area contributed by atoms with Crippen LogP contribution in [0.1, 0.15) is 47.0 Å². The van der Waals surface area contributed by atoms with Crippen LogP contribution in [0.5, 0.6) is 0 Å². The first-order chi connectivity index (χ1) is 6.57. The summed E-state index contributed by atoms with van der Waals surface area (Å²) in [7, 11) is 0. The Morgan fingerprint density at radius 3 is 2.14 bits per heavy atom. The highest BCUT2D eigenvalue weighted by Crippen LogP contribution is 2.07. The summed E-state index contributed by atoms with van der Waals surface area (Å²) < 4.78 is 0. The van der Waals surface area contributed by atoms with Gasteiger partial charge in [0.2, 0.25) is 0 Å². The van der Waals surface area contributed by atoms with Crippen molar-refractivity contribution in [1.82, 2.24) is 5.32 Å². The quantitative estimate of drug-likeness (QED) is 0.591. The van der Waals surface area contributed by atoms with Crippen LogP contribution >= 0.6 is 0 Å². The van der Waals surface area contributed by atoms with Gasteiger partial charge in [-0.05, 0) is 37.6 Å². The highest BCUT2D eigenvalue weighted by molar-refractivity contribution is 4.69. The number of hydrogen-bond donors (Lipinski definition) is 2. The molecule has 0 aromatic heterocycles. The third-order valence-electron chi connectivity index (χ3n) is 2.61. The van der Waals surface area contributed by atoms with Crippen molar-refractivity contribution in [3.05, 3.63) is 0 Å². The molecule has 0 bridgehead atoms. The van der Waals surface area contributed by atoms with E-state index in [-0.39, 0.29) is 0 Å². The van der Waals surface area contributed by atoms with Crippen LogP contribution in [-0.4, -0.2) is 24.3 Å². The van der Waals surface area contributed by atoms with Gasteiger partial charge in [0.15, 0.2) is 0 Å². The van der Waals surface area contributed by atoms with E-state index in [2.05, 4.69) is 33.0 Å². The van der Waals surface area contributed by atoms with Crippen LogP contribution in [0.2, 0.25) is 0 Å². The molecule has 14 heavy (non-hydrogen) atoms. The zero-order valence-electron chi connectivity index (χ0n) is 10.2. The molecule has 1 atom stereocenters. The zero-order valence-corrected chi connectivity index (χ0v) is 10.2. The van der Waals surface area contributed by atoms with Crippen molar-refractivity contribution in [1.29, 1.82) is 0 Å². The molecular weight excluding hydrogens is 174 g/mol. The average molecular weight is 201 g/mol. The van der Waals surface area contributed by atoms with Gasteiger partial charge in [-0.25, -0.2) is 0 Å². The second-order valence-electron chi connectivity index (χ2n) is 4.85. The lowest BCUT2D eigenvalue weighted by molar-refractivity contribution is 0.244. The molecular formula is C12H27NO. The second kappa shape index (κ2) is 8.25. The minimum Gasteiger partial charge on any atom is -0.396 e. The van der Waals surface area contributed by atoms with Crippen LogP contribution < -0.4 is 5.32 Å². The zero-order chi connectivity index (χ0) is 11.0. The first kappa shape index (κ1) is 13.9. The van der Waals surface area contributed by atoms with Crippen molar-refractivity contribution in [2.24, 2.45) is 11.8 Å². The SMILES string of the molecule is CC(C)CCCNC(CCO)C(C)C. The maximum Gasteiger partial charge on any atom is 0.0445 e. The Bertz CT molecular complexity index is 123. The molecule has 0 aromatic carbocycles. The molecule has 0 aliphatic carbocycles. The summed E-state index contributed by atoms with van der Waals surface area (Å²) in [6, 6.07) is 0.479. The van der Waals surface area contributed by atoms with Gasteiger partial charge in [-0.2, -0.15) is 0 Å². The monoisotopic (exact) mass is 201 g/mol. The van der Waals surface area contributed by atoms with E-state index in [0.717, 1.165) is 18.9 Å². The summed E-state index contributed by atoms with van der Waals surface area (Å²) in [6.07, 6.45) is 3.41. The molecule has 0 saturated heterocycles. The first-order valence-corrected chi connectivity index (χ1v) is 5.92. The Kier molecular flexibility index (Phi) is 8.20. The molecule has 2 heteroatoms. The summed E-state index contributed by atoms with van der Waals surface area (Å²) in [4.78, 5) is 0. The summed E-state index contributed by atoms with van der Waals surface area (Å²) in [5.41, 5.74) is 0. The molecule has 2 N–H and O–H groups in total. The predicted octanol–water partition coefficient (Wildman–Crippen LogP) is 2.42. The van der Waals surface area contributed by atoms with Crippen molar-refractivity contribution in [3.63, 3.8) is 0 Å². The smallest absolute Gasteiger partial charge is 0.0445 e. The maximum atomic E-state index is 8.89. The minimum absolute atomic E-state index is 0.292. The summed E-state index contributed by atoms with van der Waals surface area (Å²) >= 11 is 0. The van der Waals surface area contributed by atoms with Crippen molar-refractivity contribution in [2.45, 2.75) is 53.0 Å². The van der Waals surface area contributed by atoms with Crippen LogP contribution in [0, 0.1) is 11.8 Å². The lowest BCUT2D eigenvalue weighted by Gasteiger charge is -2.21. The number of hydrogen-bond acceptors (Lipinski definition) is 2. The highest BCUT2D eigenvalue weighted by Gasteiger charge is 2.10. The van der Waals surface area contributed by atoms with Gasteiger partial charge in [0, 0.05) is 12.6 Å². The van der Waals surface area contributed by atoms with Gasteiger partial charge >= 0.3 is 0 Å². The van der Waals surface area contributed by atoms with Crippen molar-refractivity contribution < 1.29 is 5.11 Å². The maximum absolute atomic E-state index is 8.89. The Labute approximate surface area is 89.1 Å². The van der Waals surface area contributed by atoms with Crippen LogP contribution in [0.25, 0.3) is 0 Å². The van der Waals surface area contributed by atoms with E-state index in [9.17, 15) is 0 Å². The Morgan fingerprint density at radius 1 is 1.07 bits per heavy atom. The molecule has 0 saturated carbocycles. The average Bonchev–Trinajstić information content (AvgIpc) is 2.09. The van der Waals surface area contributed by atoms with E-state index < -0.39 is 0 Å². The van der Waals surface area contributed by atoms with Crippen molar-refractivity contribution >= 4 is 0 Å². The molecule has 0 amide bonds. The predicted molar refractivity (Wildman–Crippen MR) is 62.4 cm³/mol. The molecule has 0 radical (unpaired) electrons. The van der Waals surface area contributed by atoms with E-state index >= 15 is 0 Å². The molecule has 1 unspecified atom stereocenters. The molecule has 0 aromatic rings. The summed E-state index contributed by atoms with van der Waals surface area (Å²) in [6.45, 7) is 10.3. The molecule has 0 heterocycles. The van der Waals surface area contributed by atoms with E-state index in [4.69, 9.17) is 5.11 Å². The van der Waals surface area contributed by atoms with E-state index in [1.54, 1.807) is 0 Å². The topological polar surface area (TPSA) is 32.3 Å². The Morgan fingerprint density at radius 2 is 1.71 bits per heavy atom. The Hall–Kier alpha value is -0.0800. The molecule has 0 fully saturated rings. The van der Waals surface area contributed by atoms with Gasteiger partial charge < -0.3 is 10.4 Å². The van der Waals surface area contributed by atoms with Crippen LogP contribution in [0.15, 0.2) is 0 Å². The van der Waals surface area contributed by atoms with Gasteiger partial charge in [0.25, 0.3) is 0 Å².